The summed E-state index contributed by atoms with van der Waals surface area (Å²) in [4.78, 5) is 2.29. The number of sulfonamides is 1. The van der Waals surface area contributed by atoms with Crippen LogP contribution in [-0.2, 0) is 10.0 Å². The van der Waals surface area contributed by atoms with Crippen LogP contribution in [0.25, 0.3) is 11.1 Å². The molecule has 0 amide bonds. The van der Waals surface area contributed by atoms with Gasteiger partial charge < -0.3 is 9.64 Å². The minimum atomic E-state index is -3.68. The molecule has 0 bridgehead atoms. The highest BCUT2D eigenvalue weighted by Gasteiger charge is 2.25. The van der Waals surface area contributed by atoms with Gasteiger partial charge in [-0.25, -0.2) is 17.9 Å². The quantitative estimate of drug-likeness (QED) is 0.739. The number of nitrogens with two attached hydrogens (primary N) is 1. The molecule has 0 aliphatic carbocycles. The van der Waals surface area contributed by atoms with Crippen molar-refractivity contribution in [3.05, 3.63) is 48.5 Å². The fourth-order valence-electron chi connectivity index (χ4n) is 3.64. The Morgan fingerprint density at radius 1 is 1.03 bits per heavy atom. The zero-order valence-electron chi connectivity index (χ0n) is 17.0. The van der Waals surface area contributed by atoms with Gasteiger partial charge in [0, 0.05) is 6.54 Å². The van der Waals surface area contributed by atoms with Crippen LogP contribution in [0, 0.1) is 5.92 Å². The highest BCUT2D eigenvalue weighted by Crippen LogP contribution is 2.25. The van der Waals surface area contributed by atoms with E-state index in [2.05, 4.69) is 4.90 Å². The van der Waals surface area contributed by atoms with Crippen LogP contribution in [0.1, 0.15) is 26.7 Å². The normalized spacial score (nSPS) is 16.7. The van der Waals surface area contributed by atoms with Crippen molar-refractivity contribution in [2.45, 2.75) is 37.3 Å². The van der Waals surface area contributed by atoms with Crippen LogP contribution in [0.4, 0.5) is 4.39 Å². The third kappa shape index (κ3) is 6.52. The smallest absolute Gasteiger partial charge is 0.238 e. The number of rotatable bonds is 7. The Balaban J connectivity index is 1.50. The zero-order valence-corrected chi connectivity index (χ0v) is 17.8. The minimum Gasteiger partial charge on any atom is -0.493 e. The molecule has 2 N–H and O–H groups in total. The molecule has 0 atom stereocenters. The van der Waals surface area contributed by atoms with Crippen molar-refractivity contribution in [3.8, 4) is 16.9 Å². The fourth-order valence-corrected chi connectivity index (χ4v) is 4.15. The van der Waals surface area contributed by atoms with Gasteiger partial charge in [-0.3, -0.25) is 0 Å². The Labute approximate surface area is 172 Å². The highest BCUT2D eigenvalue weighted by molar-refractivity contribution is 7.89. The van der Waals surface area contributed by atoms with E-state index >= 15 is 0 Å². The van der Waals surface area contributed by atoms with Gasteiger partial charge in [-0.15, -0.1) is 0 Å². The Morgan fingerprint density at radius 3 is 2.03 bits per heavy atom. The molecule has 0 radical (unpaired) electrons. The zero-order chi connectivity index (χ0) is 21.1. The maximum Gasteiger partial charge on any atom is 0.238 e. The maximum absolute atomic E-state index is 13.8. The average molecular weight is 421 g/mol. The lowest BCUT2D eigenvalue weighted by Crippen LogP contribution is -2.41. The van der Waals surface area contributed by atoms with Crippen LogP contribution in [-0.4, -0.2) is 45.2 Å². The molecule has 158 valence electrons. The van der Waals surface area contributed by atoms with Crippen molar-refractivity contribution < 1.29 is 17.5 Å². The van der Waals surface area contributed by atoms with Gasteiger partial charge in [0.2, 0.25) is 10.0 Å². The van der Waals surface area contributed by atoms with E-state index in [1.807, 2.05) is 24.3 Å². The third-order valence-corrected chi connectivity index (χ3v) is 6.09. The van der Waals surface area contributed by atoms with E-state index in [0.29, 0.717) is 19.1 Å². The summed E-state index contributed by atoms with van der Waals surface area (Å²) in [5.41, 5.74) is 0.733. The van der Waals surface area contributed by atoms with E-state index in [9.17, 15) is 12.8 Å². The lowest BCUT2D eigenvalue weighted by atomic mass is 9.97. The molecule has 1 aliphatic rings. The summed E-state index contributed by atoms with van der Waals surface area (Å²) in [7, 11) is -3.68. The Bertz CT molecular complexity index is 899. The summed E-state index contributed by atoms with van der Waals surface area (Å²) in [5.74, 6) is 1.29. The second-order valence-electron chi connectivity index (χ2n) is 8.34. The first-order valence-electron chi connectivity index (χ1n) is 9.87. The number of piperidine rings is 1. The van der Waals surface area contributed by atoms with Crippen LogP contribution in [0.3, 0.4) is 0 Å². The molecule has 0 unspecified atom stereocenters. The van der Waals surface area contributed by atoms with Crippen LogP contribution >= 0.6 is 0 Å². The maximum atomic E-state index is 13.8. The van der Waals surface area contributed by atoms with Gasteiger partial charge >= 0.3 is 0 Å². The molecule has 5 nitrogen and oxygen atoms in total. The molecule has 29 heavy (non-hydrogen) atoms. The van der Waals surface area contributed by atoms with E-state index in [-0.39, 0.29) is 4.90 Å². The third-order valence-electron chi connectivity index (χ3n) is 5.16. The molecule has 1 heterocycles. The molecule has 1 saturated heterocycles. The first-order valence-corrected chi connectivity index (χ1v) is 11.4. The van der Waals surface area contributed by atoms with Crippen LogP contribution in [0.2, 0.25) is 0 Å². The van der Waals surface area contributed by atoms with E-state index in [1.54, 1.807) is 26.0 Å². The number of benzene rings is 2. The topological polar surface area (TPSA) is 72.6 Å². The number of alkyl halides is 1. The number of nitrogens with zero attached hydrogens (tertiary/aromatic N) is 1. The second kappa shape index (κ2) is 8.81. The van der Waals surface area contributed by atoms with Crippen molar-refractivity contribution >= 4 is 10.0 Å². The number of primary sulfonamides is 1. The van der Waals surface area contributed by atoms with Gasteiger partial charge in [0.15, 0.2) is 0 Å². The van der Waals surface area contributed by atoms with Gasteiger partial charge in [0.05, 0.1) is 11.5 Å². The highest BCUT2D eigenvalue weighted by atomic mass is 32.2. The molecule has 0 aromatic heterocycles. The SMILES string of the molecule is CC(C)(F)CN1CCC(COc2ccc(-c3ccc(S(N)(=O)=O)cc3)cc2)CC1. The van der Waals surface area contributed by atoms with Gasteiger partial charge in [-0.2, -0.15) is 0 Å². The molecular weight excluding hydrogens is 391 g/mol. The summed E-state index contributed by atoms with van der Waals surface area (Å²) in [5, 5.41) is 5.13. The Morgan fingerprint density at radius 2 is 1.55 bits per heavy atom. The molecule has 1 fully saturated rings. The molecule has 1 aliphatic heterocycles. The van der Waals surface area contributed by atoms with E-state index in [1.165, 1.54) is 12.1 Å². The lowest BCUT2D eigenvalue weighted by Gasteiger charge is -2.34. The first kappa shape index (κ1) is 21.7. The Kier molecular flexibility index (Phi) is 6.61. The molecule has 0 saturated carbocycles. The average Bonchev–Trinajstić information content (AvgIpc) is 2.66. The summed E-state index contributed by atoms with van der Waals surface area (Å²) >= 11 is 0. The van der Waals surface area contributed by atoms with Crippen molar-refractivity contribution in [1.82, 2.24) is 4.90 Å². The summed E-state index contributed by atoms with van der Waals surface area (Å²) in [6.45, 7) is 6.22. The van der Waals surface area contributed by atoms with Gasteiger partial charge in [0.1, 0.15) is 11.4 Å². The van der Waals surface area contributed by atoms with Gasteiger partial charge in [-0.05, 0) is 81.1 Å². The van der Waals surface area contributed by atoms with Crippen LogP contribution in [0.15, 0.2) is 53.4 Å². The van der Waals surface area contributed by atoms with Crippen molar-refractivity contribution in [1.29, 1.82) is 0 Å². The first-order chi connectivity index (χ1) is 13.6. The number of hydrogen-bond acceptors (Lipinski definition) is 4. The standard InChI is InChI=1S/C22H29FN2O3S/c1-22(2,23)16-25-13-11-17(12-14-25)15-28-20-7-3-18(4-8-20)19-5-9-21(10-6-19)29(24,26)27/h3-10,17H,11-16H2,1-2H3,(H2,24,26,27). The molecular formula is C22H29FN2O3S. The van der Waals surface area contributed by atoms with E-state index in [4.69, 9.17) is 9.88 Å². The van der Waals surface area contributed by atoms with E-state index < -0.39 is 15.7 Å². The number of halogens is 1. The molecule has 2 aromatic rings. The molecule has 2 aromatic carbocycles. The largest absolute Gasteiger partial charge is 0.493 e. The fraction of sp³-hybridized carbons (Fsp3) is 0.455. The van der Waals surface area contributed by atoms with Gasteiger partial charge in [0.25, 0.3) is 0 Å². The van der Waals surface area contributed by atoms with Crippen LogP contribution < -0.4 is 9.88 Å². The molecule has 0 spiro atoms. The van der Waals surface area contributed by atoms with Crippen molar-refractivity contribution in [3.63, 3.8) is 0 Å². The lowest BCUT2D eigenvalue weighted by molar-refractivity contribution is 0.0836. The molecule has 7 heteroatoms. The number of ether oxygens (including phenoxy) is 1. The number of likely N-dealkylation sites (tertiary alicyclic amines) is 1. The predicted octanol–water partition coefficient (Wildman–Crippen LogP) is 3.84. The minimum absolute atomic E-state index is 0.0994. The summed E-state index contributed by atoms with van der Waals surface area (Å²) in [6, 6.07) is 14.2. The van der Waals surface area contributed by atoms with E-state index in [0.717, 1.165) is 42.8 Å². The van der Waals surface area contributed by atoms with Crippen molar-refractivity contribution in [2.24, 2.45) is 11.1 Å². The van der Waals surface area contributed by atoms with Crippen molar-refractivity contribution in [2.75, 3.05) is 26.2 Å². The monoisotopic (exact) mass is 420 g/mol. The number of hydrogen-bond donors (Lipinski definition) is 1. The molecule has 3 rings (SSSR count). The Hall–Kier alpha value is -1.96. The van der Waals surface area contributed by atoms with Crippen LogP contribution in [0.5, 0.6) is 5.75 Å². The predicted molar refractivity (Wildman–Crippen MR) is 113 cm³/mol. The summed E-state index contributed by atoms with van der Waals surface area (Å²) in [6.07, 6.45) is 2.04. The van der Waals surface area contributed by atoms with Gasteiger partial charge in [-0.1, -0.05) is 24.3 Å². The summed E-state index contributed by atoms with van der Waals surface area (Å²) < 4.78 is 42.4. The second-order valence-corrected chi connectivity index (χ2v) is 9.90.